The molecule has 0 unspecified atom stereocenters. The monoisotopic (exact) mass is 405 g/mol. The lowest BCUT2D eigenvalue weighted by molar-refractivity contribution is -0.155. The number of carbonyl (C=O) groups is 4. The van der Waals surface area contributed by atoms with E-state index in [9.17, 15) is 19.2 Å². The van der Waals surface area contributed by atoms with Gasteiger partial charge < -0.3 is 20.1 Å². The number of esters is 1. The van der Waals surface area contributed by atoms with Crippen molar-refractivity contribution in [2.75, 3.05) is 19.0 Å². The van der Waals surface area contributed by atoms with Crippen molar-refractivity contribution in [3.63, 3.8) is 0 Å². The summed E-state index contributed by atoms with van der Waals surface area (Å²) in [7, 11) is 1.53. The van der Waals surface area contributed by atoms with E-state index in [1.807, 2.05) is 6.92 Å². The van der Waals surface area contributed by atoms with Crippen molar-refractivity contribution in [3.05, 3.63) is 24.3 Å². The Hall–Kier alpha value is -3.10. The molecule has 158 valence electrons. The minimum atomic E-state index is -1.10. The van der Waals surface area contributed by atoms with Crippen molar-refractivity contribution in [1.29, 1.82) is 0 Å². The second kappa shape index (κ2) is 9.40. The maximum absolute atomic E-state index is 12.5. The number of amides is 4. The second-order valence-electron chi connectivity index (χ2n) is 7.11. The SMILES string of the molecule is CCCC[C@@]1(C)NC(=O)N(CC(=O)O[C@H](C)C(=O)Nc2ccc(OC)cc2)C1=O. The number of urea groups is 1. The van der Waals surface area contributed by atoms with Gasteiger partial charge in [-0.2, -0.15) is 0 Å². The van der Waals surface area contributed by atoms with Gasteiger partial charge in [0.25, 0.3) is 11.8 Å². The molecule has 2 rings (SSSR count). The quantitative estimate of drug-likeness (QED) is 0.480. The summed E-state index contributed by atoms with van der Waals surface area (Å²) < 4.78 is 10.1. The Balaban J connectivity index is 1.89. The zero-order chi connectivity index (χ0) is 21.6. The fourth-order valence-corrected chi connectivity index (χ4v) is 2.93. The number of hydrogen-bond donors (Lipinski definition) is 2. The Morgan fingerprint density at radius 3 is 2.48 bits per heavy atom. The molecule has 2 N–H and O–H groups in total. The smallest absolute Gasteiger partial charge is 0.327 e. The van der Waals surface area contributed by atoms with Gasteiger partial charge in [-0.3, -0.25) is 19.3 Å². The first kappa shape index (κ1) is 22.2. The van der Waals surface area contributed by atoms with Crippen LogP contribution in [0.15, 0.2) is 24.3 Å². The van der Waals surface area contributed by atoms with Crippen molar-refractivity contribution in [3.8, 4) is 5.75 Å². The lowest BCUT2D eigenvalue weighted by Crippen LogP contribution is -2.44. The van der Waals surface area contributed by atoms with Gasteiger partial charge in [-0.1, -0.05) is 19.8 Å². The first-order chi connectivity index (χ1) is 13.7. The van der Waals surface area contributed by atoms with Crippen molar-refractivity contribution in [1.82, 2.24) is 10.2 Å². The molecule has 1 aliphatic rings. The highest BCUT2D eigenvalue weighted by Crippen LogP contribution is 2.23. The van der Waals surface area contributed by atoms with E-state index in [0.29, 0.717) is 17.9 Å². The third kappa shape index (κ3) is 5.46. The highest BCUT2D eigenvalue weighted by Gasteiger charge is 2.48. The third-order valence-corrected chi connectivity index (χ3v) is 4.70. The fraction of sp³-hybridized carbons (Fsp3) is 0.500. The van der Waals surface area contributed by atoms with Gasteiger partial charge in [0.05, 0.1) is 7.11 Å². The van der Waals surface area contributed by atoms with Gasteiger partial charge in [-0.05, 0) is 44.5 Å². The van der Waals surface area contributed by atoms with E-state index in [1.54, 1.807) is 31.2 Å². The highest BCUT2D eigenvalue weighted by atomic mass is 16.5. The number of unbranched alkanes of at least 4 members (excludes halogenated alkanes) is 1. The summed E-state index contributed by atoms with van der Waals surface area (Å²) in [5.74, 6) is -1.20. The maximum Gasteiger partial charge on any atom is 0.327 e. The molecule has 0 aliphatic carbocycles. The van der Waals surface area contributed by atoms with E-state index in [-0.39, 0.29) is 0 Å². The number of anilines is 1. The van der Waals surface area contributed by atoms with Crippen LogP contribution >= 0.6 is 0 Å². The maximum atomic E-state index is 12.5. The number of nitrogens with one attached hydrogen (secondary N) is 2. The molecule has 0 spiro atoms. The Bertz CT molecular complexity index is 779. The fourth-order valence-electron chi connectivity index (χ4n) is 2.93. The lowest BCUT2D eigenvalue weighted by Gasteiger charge is -2.21. The van der Waals surface area contributed by atoms with Crippen LogP contribution in [-0.2, 0) is 19.1 Å². The highest BCUT2D eigenvalue weighted by molar-refractivity contribution is 6.08. The molecule has 1 heterocycles. The number of ether oxygens (including phenoxy) is 2. The minimum Gasteiger partial charge on any atom is -0.497 e. The molecule has 1 aromatic rings. The number of imide groups is 1. The number of hydrogen-bond acceptors (Lipinski definition) is 6. The number of rotatable bonds is 9. The van der Waals surface area contributed by atoms with Gasteiger partial charge in [-0.15, -0.1) is 0 Å². The van der Waals surface area contributed by atoms with Crippen LogP contribution in [0.1, 0.15) is 40.0 Å². The lowest BCUT2D eigenvalue weighted by atomic mass is 9.95. The van der Waals surface area contributed by atoms with Crippen LogP contribution in [-0.4, -0.2) is 54.0 Å². The molecule has 0 bridgehead atoms. The molecule has 4 amide bonds. The van der Waals surface area contributed by atoms with E-state index >= 15 is 0 Å². The summed E-state index contributed by atoms with van der Waals surface area (Å²) in [5, 5.41) is 5.24. The summed E-state index contributed by atoms with van der Waals surface area (Å²) in [6.45, 7) is 4.48. The number of nitrogens with zero attached hydrogens (tertiary/aromatic N) is 1. The normalized spacial score (nSPS) is 19.5. The zero-order valence-corrected chi connectivity index (χ0v) is 17.1. The molecular formula is C20H27N3O6. The molecule has 0 aromatic heterocycles. The van der Waals surface area contributed by atoms with Crippen molar-refractivity contribution >= 4 is 29.5 Å². The van der Waals surface area contributed by atoms with Crippen LogP contribution in [0.5, 0.6) is 5.75 Å². The molecule has 1 fully saturated rings. The number of methoxy groups -OCH3 is 1. The molecule has 0 radical (unpaired) electrons. The van der Waals surface area contributed by atoms with Crippen LogP contribution in [0.3, 0.4) is 0 Å². The topological polar surface area (TPSA) is 114 Å². The molecule has 29 heavy (non-hydrogen) atoms. The number of benzene rings is 1. The largest absolute Gasteiger partial charge is 0.497 e. The van der Waals surface area contributed by atoms with Crippen molar-refractivity contribution in [2.45, 2.75) is 51.7 Å². The third-order valence-electron chi connectivity index (χ3n) is 4.70. The first-order valence-electron chi connectivity index (χ1n) is 9.48. The van der Waals surface area contributed by atoms with Gasteiger partial charge >= 0.3 is 12.0 Å². The predicted molar refractivity (Wildman–Crippen MR) is 105 cm³/mol. The molecule has 9 nitrogen and oxygen atoms in total. The first-order valence-corrected chi connectivity index (χ1v) is 9.48. The summed E-state index contributed by atoms with van der Waals surface area (Å²) in [6.07, 6.45) is 1.03. The average molecular weight is 405 g/mol. The van der Waals surface area contributed by atoms with E-state index in [4.69, 9.17) is 9.47 Å². The Morgan fingerprint density at radius 2 is 1.90 bits per heavy atom. The van der Waals surface area contributed by atoms with Crippen molar-refractivity contribution in [2.24, 2.45) is 0 Å². The van der Waals surface area contributed by atoms with Gasteiger partial charge in [-0.25, -0.2) is 4.79 Å². The molecule has 9 heteroatoms. The zero-order valence-electron chi connectivity index (χ0n) is 17.1. The van der Waals surface area contributed by atoms with Crippen LogP contribution in [0.4, 0.5) is 10.5 Å². The Labute approximate surface area is 169 Å². The Morgan fingerprint density at radius 1 is 1.24 bits per heavy atom. The molecule has 2 atom stereocenters. The molecule has 0 saturated carbocycles. The van der Waals surface area contributed by atoms with Crippen LogP contribution < -0.4 is 15.4 Å². The van der Waals surface area contributed by atoms with Gasteiger partial charge in [0.15, 0.2) is 6.10 Å². The van der Waals surface area contributed by atoms with Gasteiger partial charge in [0, 0.05) is 5.69 Å². The second-order valence-corrected chi connectivity index (χ2v) is 7.11. The molecular weight excluding hydrogens is 378 g/mol. The average Bonchev–Trinajstić information content (AvgIpc) is 2.90. The standard InChI is InChI=1S/C20H27N3O6/c1-5-6-11-20(3)18(26)23(19(27)22-20)12-16(24)29-13(2)17(25)21-14-7-9-15(28-4)10-8-14/h7-10,13H,5-6,11-12H2,1-4H3,(H,21,25)(H,22,27)/t13-,20-/m1/s1. The van der Waals surface area contributed by atoms with Crippen molar-refractivity contribution < 1.29 is 28.7 Å². The summed E-state index contributed by atoms with van der Waals surface area (Å²) in [6, 6.07) is 6.02. The predicted octanol–water partition coefficient (Wildman–Crippen LogP) is 2.07. The van der Waals surface area contributed by atoms with E-state index in [1.165, 1.54) is 14.0 Å². The molecule has 1 aromatic carbocycles. The van der Waals surface area contributed by atoms with Crippen LogP contribution in [0.2, 0.25) is 0 Å². The summed E-state index contributed by atoms with van der Waals surface area (Å²) >= 11 is 0. The molecule has 1 saturated heterocycles. The van der Waals surface area contributed by atoms with Crippen LogP contribution in [0, 0.1) is 0 Å². The van der Waals surface area contributed by atoms with Gasteiger partial charge in [0.2, 0.25) is 0 Å². The van der Waals surface area contributed by atoms with E-state index in [2.05, 4.69) is 10.6 Å². The van der Waals surface area contributed by atoms with Crippen LogP contribution in [0.25, 0.3) is 0 Å². The minimum absolute atomic E-state index is 0.469. The van der Waals surface area contributed by atoms with Gasteiger partial charge in [0.1, 0.15) is 17.8 Å². The number of carbonyl (C=O) groups excluding carboxylic acids is 4. The summed E-state index contributed by atoms with van der Waals surface area (Å²) in [5.41, 5.74) is -0.510. The van der Waals surface area contributed by atoms with E-state index < -0.39 is 42.0 Å². The van der Waals surface area contributed by atoms with E-state index in [0.717, 1.165) is 17.7 Å². The summed E-state index contributed by atoms with van der Waals surface area (Å²) in [4.78, 5) is 49.9. The Kier molecular flexibility index (Phi) is 7.19. The molecule has 1 aliphatic heterocycles.